The number of nitrogens with one attached hydrogen (secondary N) is 2. The van der Waals surface area contributed by atoms with E-state index in [4.69, 9.17) is 17.3 Å². The van der Waals surface area contributed by atoms with E-state index in [1.807, 2.05) is 29.9 Å². The highest BCUT2D eigenvalue weighted by Crippen LogP contribution is 2.29. The highest BCUT2D eigenvalue weighted by atomic mass is 35.5. The summed E-state index contributed by atoms with van der Waals surface area (Å²) in [5.41, 5.74) is 7.94. The lowest BCUT2D eigenvalue weighted by molar-refractivity contribution is 0.100. The molecule has 2 aromatic heterocycles. The van der Waals surface area contributed by atoms with E-state index in [9.17, 15) is 4.79 Å². The van der Waals surface area contributed by atoms with Gasteiger partial charge in [0.1, 0.15) is 11.4 Å². The Hall–Kier alpha value is -3.13. The minimum absolute atomic E-state index is 0.168. The van der Waals surface area contributed by atoms with Gasteiger partial charge < -0.3 is 16.4 Å². The van der Waals surface area contributed by atoms with Crippen molar-refractivity contribution in [2.24, 2.45) is 5.73 Å². The van der Waals surface area contributed by atoms with Crippen molar-refractivity contribution in [3.8, 4) is 0 Å². The van der Waals surface area contributed by atoms with Gasteiger partial charge in [0.05, 0.1) is 22.6 Å². The van der Waals surface area contributed by atoms with E-state index in [2.05, 4.69) is 32.6 Å². The number of benzene rings is 1. The Bertz CT molecular complexity index is 950. The van der Waals surface area contributed by atoms with Crippen molar-refractivity contribution in [2.45, 2.75) is 26.8 Å². The van der Waals surface area contributed by atoms with E-state index < -0.39 is 5.91 Å². The SMILES string of the molecule is CCCn1cc(Nc2ncc(C(N)=O)c(Nc3c(C)cccc3Cl)n2)cn1. The molecule has 2 heterocycles. The van der Waals surface area contributed by atoms with Gasteiger partial charge in [0.15, 0.2) is 0 Å². The first-order chi connectivity index (χ1) is 13.0. The topological polar surface area (TPSA) is 111 Å². The first-order valence-corrected chi connectivity index (χ1v) is 8.84. The van der Waals surface area contributed by atoms with Gasteiger partial charge in [-0.2, -0.15) is 10.1 Å². The molecule has 0 saturated heterocycles. The van der Waals surface area contributed by atoms with Gasteiger partial charge >= 0.3 is 0 Å². The first kappa shape index (κ1) is 18.7. The lowest BCUT2D eigenvalue weighted by Crippen LogP contribution is -2.16. The summed E-state index contributed by atoms with van der Waals surface area (Å²) < 4.78 is 1.83. The Morgan fingerprint density at radius 2 is 2.11 bits per heavy atom. The summed E-state index contributed by atoms with van der Waals surface area (Å²) in [5, 5.41) is 10.9. The van der Waals surface area contributed by atoms with Crippen molar-refractivity contribution in [1.82, 2.24) is 19.7 Å². The molecule has 0 unspecified atom stereocenters. The third kappa shape index (κ3) is 4.35. The van der Waals surface area contributed by atoms with Crippen LogP contribution in [-0.4, -0.2) is 25.7 Å². The number of hydrogen-bond acceptors (Lipinski definition) is 6. The number of hydrogen-bond donors (Lipinski definition) is 3. The maximum atomic E-state index is 11.8. The zero-order chi connectivity index (χ0) is 19.4. The summed E-state index contributed by atoms with van der Waals surface area (Å²) in [5.74, 6) is -0.0510. The molecule has 3 rings (SSSR count). The molecular weight excluding hydrogens is 366 g/mol. The van der Waals surface area contributed by atoms with E-state index in [-0.39, 0.29) is 11.4 Å². The minimum atomic E-state index is -0.635. The Morgan fingerprint density at radius 1 is 1.30 bits per heavy atom. The molecule has 9 heteroatoms. The number of aryl methyl sites for hydroxylation is 2. The number of nitrogens with zero attached hydrogens (tertiary/aromatic N) is 4. The van der Waals surface area contributed by atoms with Crippen molar-refractivity contribution in [3.05, 3.63) is 52.9 Å². The van der Waals surface area contributed by atoms with Gasteiger partial charge in [-0.3, -0.25) is 9.48 Å². The summed E-state index contributed by atoms with van der Waals surface area (Å²) in [6, 6.07) is 5.50. The molecule has 4 N–H and O–H groups in total. The van der Waals surface area contributed by atoms with Crippen LogP contribution in [0.15, 0.2) is 36.8 Å². The van der Waals surface area contributed by atoms with Gasteiger partial charge in [-0.15, -0.1) is 0 Å². The average Bonchev–Trinajstić information content (AvgIpc) is 3.05. The lowest BCUT2D eigenvalue weighted by Gasteiger charge is -2.14. The molecule has 8 nitrogen and oxygen atoms in total. The second-order valence-corrected chi connectivity index (χ2v) is 6.40. The van der Waals surface area contributed by atoms with Crippen LogP contribution in [-0.2, 0) is 6.54 Å². The van der Waals surface area contributed by atoms with Gasteiger partial charge in [-0.05, 0) is 25.0 Å². The maximum Gasteiger partial charge on any atom is 0.254 e. The van der Waals surface area contributed by atoms with Crippen LogP contribution in [0.25, 0.3) is 0 Å². The van der Waals surface area contributed by atoms with Crippen LogP contribution >= 0.6 is 11.6 Å². The molecule has 0 radical (unpaired) electrons. The van der Waals surface area contributed by atoms with E-state index in [1.165, 1.54) is 6.20 Å². The molecule has 1 aromatic carbocycles. The van der Waals surface area contributed by atoms with Gasteiger partial charge in [-0.1, -0.05) is 30.7 Å². The number of nitrogens with two attached hydrogens (primary N) is 1. The monoisotopic (exact) mass is 385 g/mol. The summed E-state index contributed by atoms with van der Waals surface area (Å²) in [6.07, 6.45) is 5.91. The predicted octanol–water partition coefficient (Wildman–Crippen LogP) is 3.63. The number of carbonyl (C=O) groups is 1. The molecule has 0 saturated carbocycles. The number of rotatable bonds is 7. The summed E-state index contributed by atoms with van der Waals surface area (Å²) in [6.45, 7) is 4.80. The fourth-order valence-corrected chi connectivity index (χ4v) is 2.80. The normalized spacial score (nSPS) is 10.6. The van der Waals surface area contributed by atoms with Gasteiger partial charge in [0.2, 0.25) is 5.95 Å². The first-order valence-electron chi connectivity index (χ1n) is 8.46. The standard InChI is InChI=1S/C18H20ClN7O/c1-3-7-26-10-12(8-22-26)23-18-21-9-13(16(20)27)17(25-18)24-15-11(2)5-4-6-14(15)19/h4-6,8-10H,3,7H2,1-2H3,(H2,20,27)(H2,21,23,24,25). The fourth-order valence-electron chi connectivity index (χ4n) is 2.53. The number of carbonyl (C=O) groups excluding carboxylic acids is 1. The molecule has 0 aliphatic carbocycles. The molecule has 0 aliphatic rings. The van der Waals surface area contributed by atoms with Crippen molar-refractivity contribution in [2.75, 3.05) is 10.6 Å². The Morgan fingerprint density at radius 3 is 2.81 bits per heavy atom. The molecule has 0 spiro atoms. The average molecular weight is 386 g/mol. The number of primary amides is 1. The van der Waals surface area contributed by atoms with Crippen LogP contribution in [0.4, 0.5) is 23.1 Å². The minimum Gasteiger partial charge on any atom is -0.365 e. The molecule has 3 aromatic rings. The van der Waals surface area contributed by atoms with Crippen LogP contribution in [0.2, 0.25) is 5.02 Å². The zero-order valence-electron chi connectivity index (χ0n) is 15.0. The van der Waals surface area contributed by atoms with E-state index in [0.29, 0.717) is 16.7 Å². The van der Waals surface area contributed by atoms with Crippen LogP contribution in [0, 0.1) is 6.92 Å². The molecule has 0 fully saturated rings. The molecule has 1 amide bonds. The largest absolute Gasteiger partial charge is 0.365 e. The Kier molecular flexibility index (Phi) is 5.56. The summed E-state index contributed by atoms with van der Waals surface area (Å²) in [4.78, 5) is 20.3. The van der Waals surface area contributed by atoms with Crippen LogP contribution < -0.4 is 16.4 Å². The zero-order valence-corrected chi connectivity index (χ0v) is 15.8. The quantitative estimate of drug-likeness (QED) is 0.572. The van der Waals surface area contributed by atoms with Gasteiger partial charge in [0, 0.05) is 18.9 Å². The second kappa shape index (κ2) is 8.05. The number of anilines is 4. The third-order valence-electron chi connectivity index (χ3n) is 3.86. The molecule has 27 heavy (non-hydrogen) atoms. The molecule has 0 bridgehead atoms. The molecule has 140 valence electrons. The fraction of sp³-hybridized carbons (Fsp3) is 0.222. The predicted molar refractivity (Wildman–Crippen MR) is 106 cm³/mol. The number of aromatic nitrogens is 4. The van der Waals surface area contributed by atoms with Crippen LogP contribution in [0.3, 0.4) is 0 Å². The third-order valence-corrected chi connectivity index (χ3v) is 4.18. The molecule has 0 atom stereocenters. The summed E-state index contributed by atoms with van der Waals surface area (Å²) >= 11 is 6.26. The molecule has 0 aliphatic heterocycles. The van der Waals surface area contributed by atoms with Crippen LogP contribution in [0.1, 0.15) is 29.3 Å². The van der Waals surface area contributed by atoms with Gasteiger partial charge in [0.25, 0.3) is 5.91 Å². The van der Waals surface area contributed by atoms with Crippen molar-refractivity contribution < 1.29 is 4.79 Å². The highest BCUT2D eigenvalue weighted by molar-refractivity contribution is 6.33. The number of halogens is 1. The van der Waals surface area contributed by atoms with Crippen LogP contribution in [0.5, 0.6) is 0 Å². The van der Waals surface area contributed by atoms with E-state index in [1.54, 1.807) is 12.3 Å². The van der Waals surface area contributed by atoms with Crippen molar-refractivity contribution in [1.29, 1.82) is 0 Å². The van der Waals surface area contributed by atoms with Gasteiger partial charge in [-0.25, -0.2) is 4.98 Å². The Labute approximate surface area is 161 Å². The van der Waals surface area contributed by atoms with Crippen molar-refractivity contribution >= 4 is 40.6 Å². The number of amides is 1. The van der Waals surface area contributed by atoms with Crippen molar-refractivity contribution in [3.63, 3.8) is 0 Å². The Balaban J connectivity index is 1.91. The maximum absolute atomic E-state index is 11.8. The highest BCUT2D eigenvalue weighted by Gasteiger charge is 2.15. The lowest BCUT2D eigenvalue weighted by atomic mass is 10.2. The van der Waals surface area contributed by atoms with E-state index in [0.717, 1.165) is 24.2 Å². The van der Waals surface area contributed by atoms with E-state index >= 15 is 0 Å². The molecular formula is C18H20ClN7O. The summed E-state index contributed by atoms with van der Waals surface area (Å²) in [7, 11) is 0. The number of para-hydroxylation sites is 1. The second-order valence-electron chi connectivity index (χ2n) is 5.99. The smallest absolute Gasteiger partial charge is 0.254 e.